The van der Waals surface area contributed by atoms with Gasteiger partial charge < -0.3 is 10.8 Å². The van der Waals surface area contributed by atoms with Crippen LogP contribution >= 0.6 is 0 Å². The molecule has 0 aliphatic carbocycles. The van der Waals surface area contributed by atoms with Crippen molar-refractivity contribution in [1.82, 2.24) is 5.43 Å². The monoisotopic (exact) mass is 305 g/mol. The van der Waals surface area contributed by atoms with Crippen molar-refractivity contribution in [3.8, 4) is 5.75 Å². The SMILES string of the molecule is Nc1ccc(C(=O)N/N=C\c2c(O)ccc3ccccc23)cc1. The topological polar surface area (TPSA) is 87.7 Å². The van der Waals surface area contributed by atoms with E-state index in [1.54, 1.807) is 30.3 Å². The van der Waals surface area contributed by atoms with Crippen LogP contribution in [-0.4, -0.2) is 17.2 Å². The number of rotatable bonds is 3. The lowest BCUT2D eigenvalue weighted by Crippen LogP contribution is -2.17. The summed E-state index contributed by atoms with van der Waals surface area (Å²) in [7, 11) is 0. The number of hydrazone groups is 1. The Kier molecular flexibility index (Phi) is 3.93. The molecule has 0 aliphatic rings. The summed E-state index contributed by atoms with van der Waals surface area (Å²) in [6.45, 7) is 0. The fourth-order valence-electron chi connectivity index (χ4n) is 2.27. The van der Waals surface area contributed by atoms with E-state index in [-0.39, 0.29) is 11.7 Å². The Morgan fingerprint density at radius 1 is 1.04 bits per heavy atom. The van der Waals surface area contributed by atoms with Crippen molar-refractivity contribution in [2.75, 3.05) is 5.73 Å². The van der Waals surface area contributed by atoms with Crippen LogP contribution in [0.3, 0.4) is 0 Å². The first-order chi connectivity index (χ1) is 11.1. The van der Waals surface area contributed by atoms with Gasteiger partial charge in [-0.25, -0.2) is 5.43 Å². The van der Waals surface area contributed by atoms with Gasteiger partial charge in [0.15, 0.2) is 0 Å². The molecule has 0 aromatic heterocycles. The zero-order valence-electron chi connectivity index (χ0n) is 12.2. The summed E-state index contributed by atoms with van der Waals surface area (Å²) < 4.78 is 0. The predicted molar refractivity (Wildman–Crippen MR) is 91.5 cm³/mol. The van der Waals surface area contributed by atoms with Crippen molar-refractivity contribution in [3.05, 3.63) is 71.8 Å². The summed E-state index contributed by atoms with van der Waals surface area (Å²) in [6.07, 6.45) is 1.44. The van der Waals surface area contributed by atoms with E-state index < -0.39 is 0 Å². The fourth-order valence-corrected chi connectivity index (χ4v) is 2.27. The molecule has 3 rings (SSSR count). The first-order valence-corrected chi connectivity index (χ1v) is 7.05. The van der Waals surface area contributed by atoms with Gasteiger partial charge in [0, 0.05) is 16.8 Å². The Morgan fingerprint density at radius 2 is 1.78 bits per heavy atom. The van der Waals surface area contributed by atoms with Crippen molar-refractivity contribution in [2.45, 2.75) is 0 Å². The van der Waals surface area contributed by atoms with Crippen LogP contribution in [0.1, 0.15) is 15.9 Å². The van der Waals surface area contributed by atoms with Crippen molar-refractivity contribution < 1.29 is 9.90 Å². The molecule has 0 saturated heterocycles. The molecule has 5 nitrogen and oxygen atoms in total. The second-order valence-electron chi connectivity index (χ2n) is 5.04. The normalized spacial score (nSPS) is 11.0. The average Bonchev–Trinajstić information content (AvgIpc) is 2.57. The Morgan fingerprint density at radius 3 is 2.57 bits per heavy atom. The van der Waals surface area contributed by atoms with Crippen molar-refractivity contribution in [2.24, 2.45) is 5.10 Å². The third kappa shape index (κ3) is 3.13. The average molecular weight is 305 g/mol. The zero-order chi connectivity index (χ0) is 16.2. The van der Waals surface area contributed by atoms with Crippen molar-refractivity contribution in [3.63, 3.8) is 0 Å². The number of aromatic hydroxyl groups is 1. The molecule has 1 amide bonds. The lowest BCUT2D eigenvalue weighted by Gasteiger charge is -2.05. The molecule has 4 N–H and O–H groups in total. The van der Waals surface area contributed by atoms with Crippen molar-refractivity contribution >= 4 is 28.6 Å². The molecular weight excluding hydrogens is 290 g/mol. The minimum Gasteiger partial charge on any atom is -0.507 e. The summed E-state index contributed by atoms with van der Waals surface area (Å²) in [4.78, 5) is 12.0. The van der Waals surface area contributed by atoms with Crippen LogP contribution in [0.25, 0.3) is 10.8 Å². The van der Waals surface area contributed by atoms with E-state index in [1.807, 2.05) is 30.3 Å². The smallest absolute Gasteiger partial charge is 0.271 e. The summed E-state index contributed by atoms with van der Waals surface area (Å²) in [5, 5.41) is 15.8. The van der Waals surface area contributed by atoms with Gasteiger partial charge in [0.2, 0.25) is 0 Å². The van der Waals surface area contributed by atoms with E-state index >= 15 is 0 Å². The van der Waals surface area contributed by atoms with Crippen LogP contribution in [0, 0.1) is 0 Å². The fraction of sp³-hybridized carbons (Fsp3) is 0. The molecule has 0 bridgehead atoms. The van der Waals surface area contributed by atoms with Crippen LogP contribution in [0.15, 0.2) is 65.8 Å². The van der Waals surface area contributed by atoms with Gasteiger partial charge in [0.1, 0.15) is 5.75 Å². The standard InChI is InChI=1S/C18H15N3O2/c19-14-8-5-13(6-9-14)18(23)21-20-11-16-15-4-2-1-3-12(15)7-10-17(16)22/h1-11,22H,19H2,(H,21,23)/b20-11-. The van der Waals surface area contributed by atoms with E-state index in [0.29, 0.717) is 16.8 Å². The largest absolute Gasteiger partial charge is 0.507 e. The Labute approximate surface area is 133 Å². The molecule has 0 aliphatic heterocycles. The highest BCUT2D eigenvalue weighted by Gasteiger charge is 2.06. The van der Waals surface area contributed by atoms with Gasteiger partial charge in [-0.05, 0) is 41.1 Å². The number of fused-ring (bicyclic) bond motifs is 1. The number of anilines is 1. The van der Waals surface area contributed by atoms with Crippen LogP contribution < -0.4 is 11.2 Å². The maximum atomic E-state index is 12.0. The third-order valence-electron chi connectivity index (χ3n) is 3.48. The first-order valence-electron chi connectivity index (χ1n) is 7.05. The second-order valence-corrected chi connectivity index (χ2v) is 5.04. The maximum Gasteiger partial charge on any atom is 0.271 e. The zero-order valence-corrected chi connectivity index (χ0v) is 12.2. The van der Waals surface area contributed by atoms with E-state index in [0.717, 1.165) is 10.8 Å². The number of nitrogen functional groups attached to an aromatic ring is 1. The second kappa shape index (κ2) is 6.19. The molecule has 5 heteroatoms. The Hall–Kier alpha value is -3.34. The number of benzene rings is 3. The van der Waals surface area contributed by atoms with Gasteiger partial charge in [0.25, 0.3) is 5.91 Å². The van der Waals surface area contributed by atoms with Crippen LogP contribution in [0.2, 0.25) is 0 Å². The molecule has 0 unspecified atom stereocenters. The number of hydrogen-bond donors (Lipinski definition) is 3. The molecular formula is C18H15N3O2. The molecule has 0 fully saturated rings. The van der Waals surface area contributed by atoms with Gasteiger partial charge in [-0.15, -0.1) is 0 Å². The molecule has 0 atom stereocenters. The number of carbonyl (C=O) groups excluding carboxylic acids is 1. The highest BCUT2D eigenvalue weighted by Crippen LogP contribution is 2.25. The third-order valence-corrected chi connectivity index (χ3v) is 3.48. The van der Waals surface area contributed by atoms with Gasteiger partial charge in [0.05, 0.1) is 6.21 Å². The highest BCUT2D eigenvalue weighted by molar-refractivity contribution is 6.03. The van der Waals surface area contributed by atoms with Gasteiger partial charge >= 0.3 is 0 Å². The van der Waals surface area contributed by atoms with E-state index in [2.05, 4.69) is 10.5 Å². The van der Waals surface area contributed by atoms with Gasteiger partial charge in [-0.2, -0.15) is 5.10 Å². The van der Waals surface area contributed by atoms with Crippen LogP contribution in [-0.2, 0) is 0 Å². The molecule has 0 heterocycles. The van der Waals surface area contributed by atoms with E-state index in [9.17, 15) is 9.90 Å². The molecule has 3 aromatic carbocycles. The van der Waals surface area contributed by atoms with Gasteiger partial charge in [-0.1, -0.05) is 30.3 Å². The summed E-state index contributed by atoms with van der Waals surface area (Å²) in [6, 6.07) is 17.6. The van der Waals surface area contributed by atoms with E-state index in [1.165, 1.54) is 6.21 Å². The number of nitrogens with one attached hydrogen (secondary N) is 1. The first kappa shape index (κ1) is 14.6. The predicted octanol–water partition coefficient (Wildman–Crippen LogP) is 2.89. The molecule has 0 spiro atoms. The van der Waals surface area contributed by atoms with E-state index in [4.69, 9.17) is 5.73 Å². The Bertz CT molecular complexity index is 886. The van der Waals surface area contributed by atoms with Gasteiger partial charge in [-0.3, -0.25) is 4.79 Å². The maximum absolute atomic E-state index is 12.0. The summed E-state index contributed by atoms with van der Waals surface area (Å²) >= 11 is 0. The molecule has 114 valence electrons. The Balaban J connectivity index is 1.82. The minimum atomic E-state index is -0.346. The quantitative estimate of drug-likeness (QED) is 0.395. The highest BCUT2D eigenvalue weighted by atomic mass is 16.3. The number of nitrogens with two attached hydrogens (primary N) is 1. The molecule has 0 saturated carbocycles. The number of amides is 1. The minimum absolute atomic E-state index is 0.106. The lowest BCUT2D eigenvalue weighted by molar-refractivity contribution is 0.0955. The summed E-state index contributed by atoms with van der Waals surface area (Å²) in [5.74, 6) is -0.241. The molecule has 3 aromatic rings. The number of carbonyl (C=O) groups is 1. The number of nitrogens with zero attached hydrogens (tertiary/aromatic N) is 1. The number of phenolic OH excluding ortho intramolecular Hbond substituents is 1. The molecule has 23 heavy (non-hydrogen) atoms. The number of hydrogen-bond acceptors (Lipinski definition) is 4. The number of phenols is 1. The van der Waals surface area contributed by atoms with Crippen LogP contribution in [0.4, 0.5) is 5.69 Å². The molecule has 0 radical (unpaired) electrons. The van der Waals surface area contributed by atoms with Crippen LogP contribution in [0.5, 0.6) is 5.75 Å². The lowest BCUT2D eigenvalue weighted by atomic mass is 10.0. The summed E-state index contributed by atoms with van der Waals surface area (Å²) in [5.41, 5.74) is 9.62. The van der Waals surface area contributed by atoms with Crippen molar-refractivity contribution in [1.29, 1.82) is 0 Å².